The molecule has 3 heteroatoms. The molecule has 1 aliphatic carbocycles. The summed E-state index contributed by atoms with van der Waals surface area (Å²) in [5, 5.41) is 6.66. The zero-order chi connectivity index (χ0) is 10.9. The minimum Gasteiger partial charge on any atom is -0.357 e. The summed E-state index contributed by atoms with van der Waals surface area (Å²) in [4.78, 5) is 4.51. The van der Waals surface area contributed by atoms with E-state index < -0.39 is 0 Å². The van der Waals surface area contributed by atoms with Crippen LogP contribution in [-0.2, 0) is 0 Å². The van der Waals surface area contributed by atoms with Crippen LogP contribution in [0.4, 0.5) is 0 Å². The highest BCUT2D eigenvalue weighted by Gasteiger charge is 2.20. The van der Waals surface area contributed by atoms with Crippen molar-refractivity contribution in [1.29, 1.82) is 0 Å². The van der Waals surface area contributed by atoms with Crippen molar-refractivity contribution in [1.82, 2.24) is 10.6 Å². The van der Waals surface area contributed by atoms with E-state index in [9.17, 15) is 0 Å². The van der Waals surface area contributed by atoms with E-state index in [4.69, 9.17) is 0 Å². The van der Waals surface area contributed by atoms with Gasteiger partial charge >= 0.3 is 0 Å². The van der Waals surface area contributed by atoms with Crippen molar-refractivity contribution < 1.29 is 0 Å². The molecular formula is C12H25N3. The number of guanidine groups is 1. The van der Waals surface area contributed by atoms with Crippen LogP contribution in [0.1, 0.15) is 46.0 Å². The number of nitrogens with zero attached hydrogens (tertiary/aromatic N) is 1. The minimum absolute atomic E-state index is 0.940. The van der Waals surface area contributed by atoms with Crippen molar-refractivity contribution in [2.75, 3.05) is 19.6 Å². The van der Waals surface area contributed by atoms with Crippen molar-refractivity contribution in [2.45, 2.75) is 46.0 Å². The lowest BCUT2D eigenvalue weighted by Crippen LogP contribution is -2.38. The molecule has 0 radical (unpaired) electrons. The van der Waals surface area contributed by atoms with Gasteiger partial charge in [-0.15, -0.1) is 0 Å². The lowest BCUT2D eigenvalue weighted by Gasteiger charge is -2.10. The third-order valence-corrected chi connectivity index (χ3v) is 2.67. The number of hydrogen-bond acceptors (Lipinski definition) is 1. The maximum Gasteiger partial charge on any atom is 0.191 e. The highest BCUT2D eigenvalue weighted by Crippen LogP contribution is 2.31. The van der Waals surface area contributed by atoms with E-state index in [0.29, 0.717) is 0 Å². The third kappa shape index (κ3) is 6.37. The molecule has 0 saturated heterocycles. The van der Waals surface area contributed by atoms with E-state index in [1.54, 1.807) is 0 Å². The second-order valence-corrected chi connectivity index (χ2v) is 4.27. The van der Waals surface area contributed by atoms with Crippen molar-refractivity contribution >= 4 is 5.96 Å². The molecule has 15 heavy (non-hydrogen) atoms. The fraction of sp³-hybridized carbons (Fsp3) is 0.917. The Bertz CT molecular complexity index is 185. The van der Waals surface area contributed by atoms with Gasteiger partial charge in [0, 0.05) is 19.6 Å². The second-order valence-electron chi connectivity index (χ2n) is 4.27. The Morgan fingerprint density at radius 1 is 1.27 bits per heavy atom. The summed E-state index contributed by atoms with van der Waals surface area (Å²) in [5.74, 6) is 1.99. The Morgan fingerprint density at radius 3 is 2.67 bits per heavy atom. The van der Waals surface area contributed by atoms with Crippen LogP contribution in [0.5, 0.6) is 0 Å². The Balaban J connectivity index is 2.12. The first-order valence-corrected chi connectivity index (χ1v) is 6.39. The summed E-state index contributed by atoms with van der Waals surface area (Å²) in [5.41, 5.74) is 0. The van der Waals surface area contributed by atoms with E-state index in [2.05, 4.69) is 29.5 Å². The summed E-state index contributed by atoms with van der Waals surface area (Å²) in [6.45, 7) is 7.26. The Kier molecular flexibility index (Phi) is 6.21. The largest absolute Gasteiger partial charge is 0.357 e. The van der Waals surface area contributed by atoms with Gasteiger partial charge in [-0.05, 0) is 25.7 Å². The van der Waals surface area contributed by atoms with E-state index in [0.717, 1.165) is 31.5 Å². The van der Waals surface area contributed by atoms with Gasteiger partial charge in [0.05, 0.1) is 0 Å². The minimum atomic E-state index is 0.940. The van der Waals surface area contributed by atoms with Crippen LogP contribution in [0.2, 0.25) is 0 Å². The van der Waals surface area contributed by atoms with Crippen LogP contribution in [0.25, 0.3) is 0 Å². The zero-order valence-electron chi connectivity index (χ0n) is 10.2. The first kappa shape index (κ1) is 12.3. The molecular weight excluding hydrogens is 186 g/mol. The van der Waals surface area contributed by atoms with Gasteiger partial charge in [0.1, 0.15) is 0 Å². The lowest BCUT2D eigenvalue weighted by atomic mass is 10.3. The summed E-state index contributed by atoms with van der Waals surface area (Å²) in [7, 11) is 0. The first-order chi connectivity index (χ1) is 7.36. The Morgan fingerprint density at radius 2 is 2.07 bits per heavy atom. The van der Waals surface area contributed by atoms with Crippen molar-refractivity contribution in [2.24, 2.45) is 10.9 Å². The number of rotatable bonds is 7. The van der Waals surface area contributed by atoms with E-state index in [1.165, 1.54) is 32.1 Å². The molecule has 88 valence electrons. The summed E-state index contributed by atoms with van der Waals surface area (Å²) in [6, 6.07) is 0. The molecule has 0 aromatic carbocycles. The van der Waals surface area contributed by atoms with Crippen LogP contribution in [0.3, 0.4) is 0 Å². The van der Waals surface area contributed by atoms with Gasteiger partial charge in [-0.1, -0.05) is 26.2 Å². The average Bonchev–Trinajstić information content (AvgIpc) is 3.02. The molecule has 1 aliphatic rings. The van der Waals surface area contributed by atoms with Crippen LogP contribution in [0, 0.1) is 5.92 Å². The van der Waals surface area contributed by atoms with Gasteiger partial charge < -0.3 is 10.6 Å². The molecule has 0 atom stereocenters. The lowest BCUT2D eigenvalue weighted by molar-refractivity contribution is 0.683. The molecule has 0 bridgehead atoms. The van der Waals surface area contributed by atoms with Crippen molar-refractivity contribution in [3.63, 3.8) is 0 Å². The van der Waals surface area contributed by atoms with Crippen molar-refractivity contribution in [3.05, 3.63) is 0 Å². The molecule has 0 unspecified atom stereocenters. The zero-order valence-corrected chi connectivity index (χ0v) is 10.2. The maximum absolute atomic E-state index is 4.51. The van der Waals surface area contributed by atoms with E-state index >= 15 is 0 Å². The molecule has 3 nitrogen and oxygen atoms in total. The number of unbranched alkanes of at least 4 members (excludes halogenated alkanes) is 1. The topological polar surface area (TPSA) is 36.4 Å². The molecule has 0 aromatic rings. The van der Waals surface area contributed by atoms with Gasteiger partial charge in [0.25, 0.3) is 0 Å². The molecule has 0 amide bonds. The van der Waals surface area contributed by atoms with E-state index in [-0.39, 0.29) is 0 Å². The van der Waals surface area contributed by atoms with E-state index in [1.807, 2.05) is 0 Å². The average molecular weight is 211 g/mol. The first-order valence-electron chi connectivity index (χ1n) is 6.39. The highest BCUT2D eigenvalue weighted by atomic mass is 15.2. The monoisotopic (exact) mass is 211 g/mol. The van der Waals surface area contributed by atoms with Crippen LogP contribution < -0.4 is 10.6 Å². The third-order valence-electron chi connectivity index (χ3n) is 2.67. The highest BCUT2D eigenvalue weighted by molar-refractivity contribution is 5.79. The van der Waals surface area contributed by atoms with Gasteiger partial charge in [-0.3, -0.25) is 4.99 Å². The fourth-order valence-electron chi connectivity index (χ4n) is 1.49. The van der Waals surface area contributed by atoms with Crippen LogP contribution >= 0.6 is 0 Å². The number of nitrogens with one attached hydrogen (secondary N) is 2. The normalized spacial score (nSPS) is 16.5. The maximum atomic E-state index is 4.51. The van der Waals surface area contributed by atoms with Crippen LogP contribution in [-0.4, -0.2) is 25.6 Å². The van der Waals surface area contributed by atoms with Gasteiger partial charge in [-0.25, -0.2) is 0 Å². The number of aliphatic imine (C=N–C) groups is 1. The SMILES string of the molecule is CCCCN=C(NCC)NCCC1CC1. The molecule has 0 aliphatic heterocycles. The summed E-state index contributed by atoms with van der Waals surface area (Å²) >= 11 is 0. The van der Waals surface area contributed by atoms with Crippen LogP contribution in [0.15, 0.2) is 4.99 Å². The molecule has 1 fully saturated rings. The predicted molar refractivity (Wildman–Crippen MR) is 66.2 cm³/mol. The van der Waals surface area contributed by atoms with Crippen molar-refractivity contribution in [3.8, 4) is 0 Å². The van der Waals surface area contributed by atoms with Gasteiger partial charge in [-0.2, -0.15) is 0 Å². The predicted octanol–water partition coefficient (Wildman–Crippen LogP) is 2.14. The standard InChI is InChI=1S/C12H25N3/c1-3-5-9-14-12(13-4-2)15-10-8-11-6-7-11/h11H,3-10H2,1-2H3,(H2,13,14,15). The molecule has 1 rings (SSSR count). The molecule has 1 saturated carbocycles. The fourth-order valence-corrected chi connectivity index (χ4v) is 1.49. The number of hydrogen-bond donors (Lipinski definition) is 2. The molecule has 0 spiro atoms. The van der Waals surface area contributed by atoms with Gasteiger partial charge in [0.2, 0.25) is 0 Å². The Hall–Kier alpha value is -0.730. The quantitative estimate of drug-likeness (QED) is 0.384. The smallest absolute Gasteiger partial charge is 0.191 e. The second kappa shape index (κ2) is 7.55. The van der Waals surface area contributed by atoms with Gasteiger partial charge in [0.15, 0.2) is 5.96 Å². The summed E-state index contributed by atoms with van der Waals surface area (Å²) in [6.07, 6.45) is 6.57. The molecule has 2 N–H and O–H groups in total. The molecule has 0 heterocycles. The Labute approximate surface area is 93.7 Å². The summed E-state index contributed by atoms with van der Waals surface area (Å²) < 4.78 is 0. The molecule has 0 aromatic heterocycles.